The number of ether oxygens (including phenoxy) is 3. The third-order valence-electron chi connectivity index (χ3n) is 4.14. The van der Waals surface area contributed by atoms with Crippen LogP contribution >= 0.6 is 11.6 Å². The van der Waals surface area contributed by atoms with Gasteiger partial charge in [0.25, 0.3) is 0 Å². The number of nitrogens with zero attached hydrogens (tertiary/aromatic N) is 4. The molecule has 0 saturated carbocycles. The van der Waals surface area contributed by atoms with Crippen molar-refractivity contribution >= 4 is 28.8 Å². The molecule has 0 spiro atoms. The van der Waals surface area contributed by atoms with Gasteiger partial charge in [-0.25, -0.2) is 0 Å². The van der Waals surface area contributed by atoms with Gasteiger partial charge in [0.15, 0.2) is 28.8 Å². The van der Waals surface area contributed by atoms with Gasteiger partial charge in [0.2, 0.25) is 6.79 Å². The van der Waals surface area contributed by atoms with Crippen molar-refractivity contribution in [1.29, 1.82) is 0 Å². The molecule has 0 radical (unpaired) electrons. The van der Waals surface area contributed by atoms with Crippen LogP contribution < -0.4 is 19.5 Å². The summed E-state index contributed by atoms with van der Waals surface area (Å²) in [5, 5.41) is 16.7. The number of benzene rings is 2. The minimum absolute atomic E-state index is 0.203. The van der Waals surface area contributed by atoms with E-state index in [1.165, 1.54) is 0 Å². The van der Waals surface area contributed by atoms with E-state index in [1.54, 1.807) is 10.6 Å². The topological polar surface area (TPSA) is 82.8 Å². The van der Waals surface area contributed by atoms with E-state index in [0.717, 1.165) is 5.69 Å². The van der Waals surface area contributed by atoms with Gasteiger partial charge in [-0.05, 0) is 42.5 Å². The smallest absolute Gasteiger partial charge is 0.231 e. The molecule has 0 fully saturated rings. The van der Waals surface area contributed by atoms with Crippen molar-refractivity contribution in [2.45, 2.75) is 6.61 Å². The second kappa shape index (κ2) is 6.90. The molecule has 4 aromatic rings. The first-order chi connectivity index (χ1) is 13.7. The van der Waals surface area contributed by atoms with Crippen molar-refractivity contribution in [3.63, 3.8) is 0 Å². The van der Waals surface area contributed by atoms with Gasteiger partial charge in [-0.1, -0.05) is 17.7 Å². The van der Waals surface area contributed by atoms with E-state index >= 15 is 0 Å². The Kier molecular flexibility index (Phi) is 4.10. The highest BCUT2D eigenvalue weighted by molar-refractivity contribution is 6.30. The lowest BCUT2D eigenvalue weighted by molar-refractivity contribution is 0.173. The van der Waals surface area contributed by atoms with Crippen molar-refractivity contribution in [3.8, 4) is 17.2 Å². The first-order valence-electron chi connectivity index (χ1n) is 8.51. The van der Waals surface area contributed by atoms with Crippen LogP contribution in [0, 0.1) is 0 Å². The minimum atomic E-state index is 0.203. The highest BCUT2D eigenvalue weighted by Gasteiger charge is 2.15. The van der Waals surface area contributed by atoms with Crippen molar-refractivity contribution in [1.82, 2.24) is 19.8 Å². The van der Waals surface area contributed by atoms with E-state index in [2.05, 4.69) is 20.6 Å². The number of anilines is 2. The number of hydrogen-bond acceptors (Lipinski definition) is 7. The van der Waals surface area contributed by atoms with Gasteiger partial charge in [-0.15, -0.1) is 15.3 Å². The minimum Gasteiger partial charge on any atom is -0.485 e. The normalized spacial score (nSPS) is 12.3. The average Bonchev–Trinajstić information content (AvgIpc) is 3.32. The first kappa shape index (κ1) is 16.6. The van der Waals surface area contributed by atoms with E-state index in [-0.39, 0.29) is 13.4 Å². The predicted octanol–water partition coefficient (Wildman–Crippen LogP) is 3.83. The molecule has 28 heavy (non-hydrogen) atoms. The third-order valence-corrected chi connectivity index (χ3v) is 4.37. The van der Waals surface area contributed by atoms with Crippen LogP contribution in [-0.4, -0.2) is 26.6 Å². The van der Waals surface area contributed by atoms with E-state index in [1.807, 2.05) is 48.5 Å². The molecule has 0 aliphatic carbocycles. The van der Waals surface area contributed by atoms with Crippen LogP contribution in [0.25, 0.3) is 5.65 Å². The van der Waals surface area contributed by atoms with Gasteiger partial charge < -0.3 is 19.5 Å². The van der Waals surface area contributed by atoms with Crippen molar-refractivity contribution in [3.05, 3.63) is 65.4 Å². The summed E-state index contributed by atoms with van der Waals surface area (Å²) < 4.78 is 18.1. The molecule has 8 nitrogen and oxygen atoms in total. The van der Waals surface area contributed by atoms with Crippen LogP contribution in [-0.2, 0) is 6.61 Å². The lowest BCUT2D eigenvalue weighted by Gasteiger charge is -2.08. The molecule has 9 heteroatoms. The van der Waals surface area contributed by atoms with Gasteiger partial charge in [-0.3, -0.25) is 0 Å². The molecule has 0 amide bonds. The Morgan fingerprint density at radius 1 is 1.04 bits per heavy atom. The molecule has 2 aromatic carbocycles. The summed E-state index contributed by atoms with van der Waals surface area (Å²) in [6.45, 7) is 0.425. The zero-order valence-electron chi connectivity index (χ0n) is 14.5. The quantitative estimate of drug-likeness (QED) is 0.549. The highest BCUT2D eigenvalue weighted by atomic mass is 35.5. The van der Waals surface area contributed by atoms with Crippen molar-refractivity contribution < 1.29 is 14.2 Å². The van der Waals surface area contributed by atoms with E-state index < -0.39 is 0 Å². The molecule has 1 aliphatic heterocycles. The van der Waals surface area contributed by atoms with Crippen LogP contribution in [0.3, 0.4) is 0 Å². The molecule has 1 N–H and O–H groups in total. The third kappa shape index (κ3) is 3.25. The fraction of sp³-hybridized carbons (Fsp3) is 0.105. The largest absolute Gasteiger partial charge is 0.485 e. The Labute approximate surface area is 164 Å². The Morgan fingerprint density at radius 2 is 1.96 bits per heavy atom. The van der Waals surface area contributed by atoms with Crippen LogP contribution in [0.4, 0.5) is 11.5 Å². The molecule has 2 aromatic heterocycles. The molecular weight excluding hydrogens is 382 g/mol. The molecule has 5 rings (SSSR count). The van der Waals surface area contributed by atoms with Crippen LogP contribution in [0.1, 0.15) is 5.82 Å². The number of rotatable bonds is 5. The average molecular weight is 396 g/mol. The first-order valence-corrected chi connectivity index (χ1v) is 8.89. The zero-order valence-corrected chi connectivity index (χ0v) is 15.3. The highest BCUT2D eigenvalue weighted by Crippen LogP contribution is 2.35. The fourth-order valence-electron chi connectivity index (χ4n) is 2.82. The van der Waals surface area contributed by atoms with Gasteiger partial charge >= 0.3 is 0 Å². The Bertz CT molecular complexity index is 1160. The summed E-state index contributed by atoms with van der Waals surface area (Å²) in [6.07, 6.45) is 0. The number of halogens is 1. The van der Waals surface area contributed by atoms with Gasteiger partial charge in [0, 0.05) is 16.8 Å². The molecule has 0 atom stereocenters. The van der Waals surface area contributed by atoms with Gasteiger partial charge in [0.1, 0.15) is 12.4 Å². The molecule has 3 heterocycles. The van der Waals surface area contributed by atoms with Crippen molar-refractivity contribution in [2.24, 2.45) is 0 Å². The number of hydrogen-bond donors (Lipinski definition) is 1. The number of nitrogens with one attached hydrogen (secondary N) is 1. The van der Waals surface area contributed by atoms with Crippen LogP contribution in [0.15, 0.2) is 54.6 Å². The Balaban J connectivity index is 1.36. The van der Waals surface area contributed by atoms with E-state index in [9.17, 15) is 0 Å². The maximum absolute atomic E-state index is 6.03. The number of fused-ring (bicyclic) bond motifs is 2. The maximum atomic E-state index is 6.03. The van der Waals surface area contributed by atoms with Gasteiger partial charge in [-0.2, -0.15) is 4.52 Å². The fourth-order valence-corrected chi connectivity index (χ4v) is 3.01. The molecule has 0 unspecified atom stereocenters. The standard InChI is InChI=1S/C19H14ClN5O3/c20-12-2-1-3-13(8-12)21-17-6-7-18-22-23-19(25(18)24-17)10-26-14-4-5-15-16(9-14)28-11-27-15/h1-9H,10-11H2,(H,21,24). The second-order valence-corrected chi connectivity index (χ2v) is 6.48. The molecular formula is C19H14ClN5O3. The molecule has 1 aliphatic rings. The lowest BCUT2D eigenvalue weighted by Crippen LogP contribution is -2.05. The SMILES string of the molecule is Clc1cccc(Nc2ccc3nnc(COc4ccc5c(c4)OCO5)n3n2)c1. The predicted molar refractivity (Wildman–Crippen MR) is 102 cm³/mol. The molecule has 0 bridgehead atoms. The summed E-state index contributed by atoms with van der Waals surface area (Å²) in [4.78, 5) is 0. The van der Waals surface area contributed by atoms with Crippen LogP contribution in [0.5, 0.6) is 17.2 Å². The maximum Gasteiger partial charge on any atom is 0.231 e. The summed E-state index contributed by atoms with van der Waals surface area (Å²) >= 11 is 6.03. The van der Waals surface area contributed by atoms with Gasteiger partial charge in [0.05, 0.1) is 0 Å². The lowest BCUT2D eigenvalue weighted by atomic mass is 10.3. The Morgan fingerprint density at radius 3 is 2.89 bits per heavy atom. The Hall–Kier alpha value is -3.52. The molecule has 0 saturated heterocycles. The monoisotopic (exact) mass is 395 g/mol. The summed E-state index contributed by atoms with van der Waals surface area (Å²) in [7, 11) is 0. The van der Waals surface area contributed by atoms with Crippen molar-refractivity contribution in [2.75, 3.05) is 12.1 Å². The second-order valence-electron chi connectivity index (χ2n) is 6.04. The summed E-state index contributed by atoms with van der Waals surface area (Å²) in [5.41, 5.74) is 1.46. The van der Waals surface area contributed by atoms with E-state index in [4.69, 9.17) is 25.8 Å². The molecule has 140 valence electrons. The number of aromatic nitrogens is 4. The summed E-state index contributed by atoms with van der Waals surface area (Å²) in [5.74, 6) is 3.23. The summed E-state index contributed by atoms with van der Waals surface area (Å²) in [6, 6.07) is 16.5. The van der Waals surface area contributed by atoms with E-state index in [0.29, 0.717) is 39.6 Å². The zero-order chi connectivity index (χ0) is 18.9. The van der Waals surface area contributed by atoms with Crippen LogP contribution in [0.2, 0.25) is 5.02 Å².